The van der Waals surface area contributed by atoms with Gasteiger partial charge in [-0.05, 0) is 71.1 Å². The molecule has 1 saturated carbocycles. The summed E-state index contributed by atoms with van der Waals surface area (Å²) < 4.78 is 56.6. The van der Waals surface area contributed by atoms with E-state index in [0.29, 0.717) is 51.4 Å². The van der Waals surface area contributed by atoms with E-state index in [9.17, 15) is 53.6 Å². The van der Waals surface area contributed by atoms with Crippen molar-refractivity contribution in [3.05, 3.63) is 0 Å². The van der Waals surface area contributed by atoms with Crippen LogP contribution in [0.5, 0.6) is 0 Å². The van der Waals surface area contributed by atoms with Crippen molar-refractivity contribution in [2.45, 2.75) is 571 Å². The van der Waals surface area contributed by atoms with Crippen LogP contribution < -0.4 is 10.6 Å². The fourth-order valence-electron chi connectivity index (χ4n) is 17.4. The number of aliphatic hydroxyl groups excluding tert-OH is 3. The molecule has 1 heterocycles. The molecule has 2 fully saturated rings. The van der Waals surface area contributed by atoms with Crippen LogP contribution in [-0.4, -0.2) is 147 Å². The molecular weight excluding hydrogens is 1540 g/mol. The van der Waals surface area contributed by atoms with Gasteiger partial charge in [0, 0.05) is 31.8 Å². The zero-order valence-corrected chi connectivity index (χ0v) is 78.7. The van der Waals surface area contributed by atoms with E-state index < -0.39 is 136 Å². The van der Waals surface area contributed by atoms with E-state index in [-0.39, 0.29) is 44.5 Å². The van der Waals surface area contributed by atoms with Crippen LogP contribution >= 0.6 is 7.82 Å². The predicted octanol–water partition coefficient (Wildman–Crippen LogP) is 24.0. The Kier molecular flexibility index (Phi) is 72.3. The first kappa shape index (κ1) is 113. The molecule has 0 bridgehead atoms. The summed E-state index contributed by atoms with van der Waals surface area (Å²) in [6, 6.07) is -2.61. The first-order chi connectivity index (χ1) is 58.2. The van der Waals surface area contributed by atoms with Crippen LogP contribution in [0.1, 0.15) is 498 Å². The highest BCUT2D eigenvalue weighted by molar-refractivity contribution is 7.46. The minimum absolute atomic E-state index is 0.157. The van der Waals surface area contributed by atoms with Gasteiger partial charge in [0.2, 0.25) is 11.8 Å². The smallest absolute Gasteiger partial charge is 0.462 e. The summed E-state index contributed by atoms with van der Waals surface area (Å²) in [6.45, 7) is 13.7. The number of esters is 4. The minimum Gasteiger partial charge on any atom is -0.462 e. The van der Waals surface area contributed by atoms with E-state index >= 15 is 4.79 Å². The molecule has 0 radical (unpaired) electrons. The van der Waals surface area contributed by atoms with Gasteiger partial charge in [0.15, 0.2) is 6.10 Å². The Labute approximate surface area is 732 Å². The Bertz CT molecular complexity index is 2510. The van der Waals surface area contributed by atoms with Gasteiger partial charge in [0.1, 0.15) is 42.7 Å². The second-order valence-corrected chi connectivity index (χ2v) is 37.5. The van der Waals surface area contributed by atoms with Crippen molar-refractivity contribution in [2.24, 2.45) is 5.92 Å². The van der Waals surface area contributed by atoms with Gasteiger partial charge in [-0.25, -0.2) is 4.57 Å². The molecule has 706 valence electrons. The number of amides is 2. The maximum absolute atomic E-state index is 15.1. The third kappa shape index (κ3) is 60.4. The largest absolute Gasteiger partial charge is 0.469 e. The summed E-state index contributed by atoms with van der Waals surface area (Å²) in [7, 11) is -5.48. The molecular formula is C98H185N2O19P. The number of carbonyl (C=O) groups is 6. The van der Waals surface area contributed by atoms with Crippen molar-refractivity contribution in [3.63, 3.8) is 0 Å². The van der Waals surface area contributed by atoms with Crippen molar-refractivity contribution in [1.29, 1.82) is 0 Å². The second kappa shape index (κ2) is 76.9. The van der Waals surface area contributed by atoms with Gasteiger partial charge in [-0.2, -0.15) is 0 Å². The number of phosphoric ester groups is 1. The Balaban J connectivity index is 2.58. The standard InChI is InChI=1S/C98H185N2O19P/c1-8-14-20-26-32-38-41-47-53-59-65-71-89(104)115-82(68-62-56-50-44-35-29-23-17-11-4)75-87(102)99-93-80(7)114-86(95(108)96(93)109)79-113-85-74-81(78-101)97(119-120(110,111)112)98(118-92(107)77-84(70-64-58-52-46-37-31-25-19-13-6)117-91(106)73-67-61-55-49-43-40-34-28-22-16-10-3)94(85)100-88(103)76-83(69-63-57-51-45-36-30-24-18-12-5)116-90(105)72-66-60-54-48-42-39-33-27-21-15-9-2/h80-86,93-98,101,108-109H,8-79H2,1-7H3,(H,99,102)(H,100,103)(H2,110,111,112)/t80-,81?,82-,83-,84-,85-,86?,93?,94?,95-,96-,97-,98-/m1/s1. The highest BCUT2D eigenvalue weighted by Crippen LogP contribution is 2.45. The number of unbranched alkanes of at least 4 members (excludes halogenated alkanes) is 54. The summed E-state index contributed by atoms with van der Waals surface area (Å²) in [4.78, 5) is 107. The zero-order chi connectivity index (χ0) is 87.7. The van der Waals surface area contributed by atoms with E-state index in [4.69, 9.17) is 32.9 Å². The number of aliphatic hydroxyl groups is 3. The normalized spacial score (nSPS) is 20.2. The molecule has 2 amide bonds. The lowest BCUT2D eigenvalue weighted by Gasteiger charge is -2.46. The molecule has 2 aliphatic rings. The maximum atomic E-state index is 15.1. The SMILES string of the molecule is CCCCCCCCCCCCCC(=O)O[C@H](CCCCCCCCCCC)CC(=O)NC1[C@@H](O)[C@H](O)C(CO[C@@H]2CC(CO)[C@@H](OP(=O)(O)O)[C@H](OC(=O)C[C@@H](CCCCCCCCCCC)OC(=O)CCCCCCCCCCCCC)C2NC(=O)C[C@@H](CCCCCCCCCCC)OC(=O)CCCCCCCCCCCCC)O[C@@H]1C. The molecule has 22 heteroatoms. The van der Waals surface area contributed by atoms with Crippen molar-refractivity contribution >= 4 is 43.5 Å². The topological polar surface area (TPSA) is 309 Å². The molecule has 2 rings (SSSR count). The minimum atomic E-state index is -5.48. The van der Waals surface area contributed by atoms with Crippen LogP contribution in [-0.2, 0) is 66.3 Å². The average molecular weight is 1730 g/mol. The van der Waals surface area contributed by atoms with Gasteiger partial charge >= 0.3 is 31.7 Å². The highest BCUT2D eigenvalue weighted by Gasteiger charge is 2.52. The molecule has 21 nitrogen and oxygen atoms in total. The number of hydrogen-bond donors (Lipinski definition) is 7. The first-order valence-corrected chi connectivity index (χ1v) is 52.1. The number of carbonyl (C=O) groups excluding carboxylic acids is 6. The molecule has 0 aromatic rings. The summed E-state index contributed by atoms with van der Waals surface area (Å²) >= 11 is 0. The van der Waals surface area contributed by atoms with Crippen LogP contribution in [0.25, 0.3) is 0 Å². The lowest BCUT2D eigenvalue weighted by Crippen LogP contribution is -2.65. The molecule has 0 spiro atoms. The van der Waals surface area contributed by atoms with E-state index in [2.05, 4.69) is 52.2 Å². The van der Waals surface area contributed by atoms with Crippen molar-refractivity contribution in [1.82, 2.24) is 10.6 Å². The van der Waals surface area contributed by atoms with Crippen molar-refractivity contribution in [2.75, 3.05) is 13.2 Å². The predicted molar refractivity (Wildman–Crippen MR) is 484 cm³/mol. The van der Waals surface area contributed by atoms with Crippen LogP contribution in [0.2, 0.25) is 0 Å². The van der Waals surface area contributed by atoms with Crippen molar-refractivity contribution < 1.29 is 91.4 Å². The summed E-state index contributed by atoms with van der Waals surface area (Å²) in [5.74, 6) is -4.52. The van der Waals surface area contributed by atoms with Gasteiger partial charge in [-0.1, -0.05) is 388 Å². The van der Waals surface area contributed by atoms with Gasteiger partial charge in [0.05, 0.1) is 50.2 Å². The van der Waals surface area contributed by atoms with Crippen LogP contribution in [0.15, 0.2) is 0 Å². The Morgan fingerprint density at radius 2 is 0.642 bits per heavy atom. The van der Waals surface area contributed by atoms with E-state index in [0.717, 1.165) is 167 Å². The summed E-state index contributed by atoms with van der Waals surface area (Å²) in [6.07, 6.45) is 53.3. The molecule has 0 aromatic heterocycles. The fraction of sp³-hybridized carbons (Fsp3) is 0.939. The number of phosphoric acid groups is 1. The Morgan fingerprint density at radius 3 is 0.933 bits per heavy atom. The van der Waals surface area contributed by atoms with Gasteiger partial charge < -0.3 is 64.2 Å². The van der Waals surface area contributed by atoms with E-state index in [1.54, 1.807) is 6.92 Å². The quantitative estimate of drug-likeness (QED) is 0.0129. The molecule has 4 unspecified atom stereocenters. The first-order valence-electron chi connectivity index (χ1n) is 50.6. The van der Waals surface area contributed by atoms with Crippen LogP contribution in [0.4, 0.5) is 0 Å². The van der Waals surface area contributed by atoms with Gasteiger partial charge in [0.25, 0.3) is 0 Å². The highest BCUT2D eigenvalue weighted by atomic mass is 31.2. The molecule has 7 N–H and O–H groups in total. The maximum Gasteiger partial charge on any atom is 0.469 e. The zero-order valence-electron chi connectivity index (χ0n) is 77.8. The molecule has 1 aliphatic carbocycles. The number of ether oxygens (including phenoxy) is 6. The molecule has 1 aliphatic heterocycles. The molecule has 1 saturated heterocycles. The van der Waals surface area contributed by atoms with E-state index in [1.165, 1.54) is 186 Å². The second-order valence-electron chi connectivity index (χ2n) is 36.3. The van der Waals surface area contributed by atoms with Crippen LogP contribution in [0, 0.1) is 5.92 Å². The lowest BCUT2D eigenvalue weighted by molar-refractivity contribution is -0.211. The molecule has 0 aromatic carbocycles. The fourth-order valence-corrected chi connectivity index (χ4v) is 18.0. The third-order valence-electron chi connectivity index (χ3n) is 24.9. The molecule has 120 heavy (non-hydrogen) atoms. The van der Waals surface area contributed by atoms with Crippen molar-refractivity contribution in [3.8, 4) is 0 Å². The monoisotopic (exact) mass is 1730 g/mol. The third-order valence-corrected chi connectivity index (χ3v) is 25.4. The van der Waals surface area contributed by atoms with E-state index in [1.807, 2.05) is 0 Å². The van der Waals surface area contributed by atoms with Gasteiger partial charge in [-0.15, -0.1) is 0 Å². The summed E-state index contributed by atoms with van der Waals surface area (Å²) in [5, 5.41) is 41.1. The summed E-state index contributed by atoms with van der Waals surface area (Å²) in [5.41, 5.74) is 0. The average Bonchev–Trinajstić information content (AvgIpc) is 0.774. The Morgan fingerprint density at radius 1 is 0.367 bits per heavy atom. The lowest BCUT2D eigenvalue weighted by atomic mass is 9.79. The Hall–Kier alpha value is -3.27. The number of hydrogen-bond acceptors (Lipinski definition) is 17. The number of nitrogens with one attached hydrogen (secondary N) is 2. The van der Waals surface area contributed by atoms with Gasteiger partial charge in [-0.3, -0.25) is 33.3 Å². The molecule has 13 atom stereocenters. The van der Waals surface area contributed by atoms with Crippen LogP contribution in [0.3, 0.4) is 0 Å². The number of rotatable bonds is 84.